The second kappa shape index (κ2) is 7.22. The van der Waals surface area contributed by atoms with E-state index in [1.807, 2.05) is 6.07 Å². The van der Waals surface area contributed by atoms with Crippen molar-refractivity contribution in [3.63, 3.8) is 0 Å². The molecule has 7 heteroatoms. The van der Waals surface area contributed by atoms with Crippen molar-refractivity contribution in [3.05, 3.63) is 64.0 Å². The van der Waals surface area contributed by atoms with Gasteiger partial charge in [0.05, 0.1) is 23.1 Å². The molecule has 0 unspecified atom stereocenters. The fraction of sp³-hybridized carbons (Fsp3) is 0.188. The summed E-state index contributed by atoms with van der Waals surface area (Å²) in [5.41, 5.74) is 0.538. The van der Waals surface area contributed by atoms with Gasteiger partial charge in [-0.1, -0.05) is 12.1 Å². The standard InChI is InChI=1S/C16H14FN3O3/c1-19(8-9-23-16-5-3-2-4-13(16)17)15-10-12(11-18)6-7-14(15)20(21)22/h2-7,10H,8-9H2,1H3. The van der Waals surface area contributed by atoms with Crippen molar-refractivity contribution in [2.45, 2.75) is 0 Å². The third-order valence-electron chi connectivity index (χ3n) is 3.23. The molecule has 2 rings (SSSR count). The first-order valence-electron chi connectivity index (χ1n) is 6.80. The minimum atomic E-state index is -0.509. The molecule has 2 aromatic carbocycles. The Morgan fingerprint density at radius 2 is 2.09 bits per heavy atom. The van der Waals surface area contributed by atoms with E-state index in [1.165, 1.54) is 30.3 Å². The Bertz CT molecular complexity index is 758. The molecule has 0 aliphatic carbocycles. The van der Waals surface area contributed by atoms with Gasteiger partial charge in [-0.15, -0.1) is 0 Å². The van der Waals surface area contributed by atoms with Gasteiger partial charge in [0.25, 0.3) is 5.69 Å². The lowest BCUT2D eigenvalue weighted by Gasteiger charge is -2.19. The molecule has 0 atom stereocenters. The zero-order valence-corrected chi connectivity index (χ0v) is 12.4. The Hall–Kier alpha value is -3.14. The Morgan fingerprint density at radius 3 is 2.74 bits per heavy atom. The molecule has 118 valence electrons. The number of benzene rings is 2. The molecule has 0 amide bonds. The van der Waals surface area contributed by atoms with E-state index in [2.05, 4.69) is 0 Å². The van der Waals surface area contributed by atoms with Crippen LogP contribution in [-0.2, 0) is 0 Å². The van der Waals surface area contributed by atoms with E-state index in [0.717, 1.165) is 0 Å². The number of para-hydroxylation sites is 1. The summed E-state index contributed by atoms with van der Waals surface area (Å²) in [4.78, 5) is 12.2. The van der Waals surface area contributed by atoms with Crippen molar-refractivity contribution in [1.82, 2.24) is 0 Å². The van der Waals surface area contributed by atoms with Gasteiger partial charge in [-0.2, -0.15) is 5.26 Å². The van der Waals surface area contributed by atoms with E-state index in [0.29, 0.717) is 17.8 Å². The number of nitro benzene ring substituents is 1. The summed E-state index contributed by atoms with van der Waals surface area (Å²) < 4.78 is 18.8. The highest BCUT2D eigenvalue weighted by Crippen LogP contribution is 2.28. The predicted octanol–water partition coefficient (Wildman–Crippen LogP) is 3.12. The number of nitro groups is 1. The largest absolute Gasteiger partial charge is 0.489 e. The monoisotopic (exact) mass is 315 g/mol. The molecule has 0 saturated heterocycles. The fourth-order valence-electron chi connectivity index (χ4n) is 2.03. The molecule has 0 aliphatic rings. The van der Waals surface area contributed by atoms with Crippen LogP contribution in [-0.4, -0.2) is 25.1 Å². The molecule has 0 N–H and O–H groups in total. The Kier molecular flexibility index (Phi) is 5.10. The first-order chi connectivity index (χ1) is 11.0. The Labute approximate surface area is 132 Å². The van der Waals surface area contributed by atoms with Crippen molar-refractivity contribution in [3.8, 4) is 11.8 Å². The van der Waals surface area contributed by atoms with E-state index in [9.17, 15) is 14.5 Å². The van der Waals surface area contributed by atoms with E-state index >= 15 is 0 Å². The second-order valence-corrected chi connectivity index (χ2v) is 4.77. The molecule has 0 radical (unpaired) electrons. The van der Waals surface area contributed by atoms with E-state index < -0.39 is 10.7 Å². The fourth-order valence-corrected chi connectivity index (χ4v) is 2.03. The van der Waals surface area contributed by atoms with Crippen LogP contribution in [0.25, 0.3) is 0 Å². The SMILES string of the molecule is CN(CCOc1ccccc1F)c1cc(C#N)ccc1[N+](=O)[O-]. The molecule has 6 nitrogen and oxygen atoms in total. The molecule has 0 spiro atoms. The number of nitrogens with zero attached hydrogens (tertiary/aromatic N) is 3. The van der Waals surface area contributed by atoms with Crippen LogP contribution >= 0.6 is 0 Å². The molecule has 0 heterocycles. The Morgan fingerprint density at radius 1 is 1.35 bits per heavy atom. The van der Waals surface area contributed by atoms with Crippen molar-refractivity contribution < 1.29 is 14.1 Å². The average molecular weight is 315 g/mol. The first kappa shape index (κ1) is 16.2. The van der Waals surface area contributed by atoms with Gasteiger partial charge in [0.15, 0.2) is 11.6 Å². The van der Waals surface area contributed by atoms with Crippen molar-refractivity contribution in [2.24, 2.45) is 0 Å². The molecular weight excluding hydrogens is 301 g/mol. The molecule has 0 aromatic heterocycles. The number of rotatable bonds is 6. The summed E-state index contributed by atoms with van der Waals surface area (Å²) in [7, 11) is 1.65. The summed E-state index contributed by atoms with van der Waals surface area (Å²) in [6, 6.07) is 12.1. The van der Waals surface area contributed by atoms with Gasteiger partial charge in [-0.3, -0.25) is 10.1 Å². The van der Waals surface area contributed by atoms with E-state index in [4.69, 9.17) is 10.00 Å². The first-order valence-corrected chi connectivity index (χ1v) is 6.80. The molecule has 0 aliphatic heterocycles. The number of anilines is 1. The van der Waals surface area contributed by atoms with Gasteiger partial charge >= 0.3 is 0 Å². The number of halogens is 1. The van der Waals surface area contributed by atoms with Gasteiger partial charge in [-0.25, -0.2) is 4.39 Å². The van der Waals surface area contributed by atoms with Crippen LogP contribution < -0.4 is 9.64 Å². The number of hydrogen-bond acceptors (Lipinski definition) is 5. The third-order valence-corrected chi connectivity index (χ3v) is 3.23. The van der Waals surface area contributed by atoms with E-state index in [1.54, 1.807) is 24.1 Å². The second-order valence-electron chi connectivity index (χ2n) is 4.77. The number of ether oxygens (including phenoxy) is 1. The van der Waals surface area contributed by atoms with Gasteiger partial charge in [0.1, 0.15) is 12.3 Å². The predicted molar refractivity (Wildman–Crippen MR) is 83.0 cm³/mol. The number of hydrogen-bond donors (Lipinski definition) is 0. The lowest BCUT2D eigenvalue weighted by Crippen LogP contribution is -2.24. The summed E-state index contributed by atoms with van der Waals surface area (Å²) in [6.07, 6.45) is 0. The van der Waals surface area contributed by atoms with Crippen LogP contribution in [0.3, 0.4) is 0 Å². The summed E-state index contributed by atoms with van der Waals surface area (Å²) in [5.74, 6) is -0.339. The van der Waals surface area contributed by atoms with Crippen LogP contribution in [0, 0.1) is 27.3 Å². The summed E-state index contributed by atoms with van der Waals surface area (Å²) in [5, 5.41) is 20.0. The lowest BCUT2D eigenvalue weighted by atomic mass is 10.1. The lowest BCUT2D eigenvalue weighted by molar-refractivity contribution is -0.384. The third kappa shape index (κ3) is 3.95. The van der Waals surface area contributed by atoms with Crippen molar-refractivity contribution in [2.75, 3.05) is 25.1 Å². The van der Waals surface area contributed by atoms with Gasteiger partial charge in [0.2, 0.25) is 0 Å². The highest BCUT2D eigenvalue weighted by atomic mass is 19.1. The number of likely N-dealkylation sites (N-methyl/N-ethyl adjacent to an activating group) is 1. The summed E-state index contributed by atoms with van der Waals surface area (Å²) >= 11 is 0. The maximum atomic E-state index is 13.4. The molecular formula is C16H14FN3O3. The normalized spacial score (nSPS) is 9.96. The van der Waals surface area contributed by atoms with Gasteiger partial charge in [0, 0.05) is 13.1 Å². The zero-order valence-electron chi connectivity index (χ0n) is 12.4. The van der Waals surface area contributed by atoms with Crippen LogP contribution in [0.15, 0.2) is 42.5 Å². The Balaban J connectivity index is 2.08. The highest BCUT2D eigenvalue weighted by molar-refractivity contribution is 5.65. The quantitative estimate of drug-likeness (QED) is 0.604. The molecule has 23 heavy (non-hydrogen) atoms. The highest BCUT2D eigenvalue weighted by Gasteiger charge is 2.17. The molecule has 0 fully saturated rings. The molecule has 0 bridgehead atoms. The van der Waals surface area contributed by atoms with Crippen molar-refractivity contribution >= 4 is 11.4 Å². The van der Waals surface area contributed by atoms with Crippen LogP contribution in [0.2, 0.25) is 0 Å². The van der Waals surface area contributed by atoms with E-state index in [-0.39, 0.29) is 18.0 Å². The zero-order chi connectivity index (χ0) is 16.8. The van der Waals surface area contributed by atoms with Gasteiger partial charge < -0.3 is 9.64 Å². The molecule has 2 aromatic rings. The maximum absolute atomic E-state index is 13.4. The smallest absolute Gasteiger partial charge is 0.292 e. The van der Waals surface area contributed by atoms with Gasteiger partial charge in [-0.05, 0) is 24.3 Å². The van der Waals surface area contributed by atoms with Crippen LogP contribution in [0.4, 0.5) is 15.8 Å². The van der Waals surface area contributed by atoms with Crippen molar-refractivity contribution in [1.29, 1.82) is 5.26 Å². The minimum absolute atomic E-state index is 0.0996. The minimum Gasteiger partial charge on any atom is -0.489 e. The topological polar surface area (TPSA) is 79.4 Å². The average Bonchev–Trinajstić information content (AvgIpc) is 2.55. The van der Waals surface area contributed by atoms with Crippen LogP contribution in [0.1, 0.15) is 5.56 Å². The molecule has 0 saturated carbocycles. The number of nitriles is 1. The van der Waals surface area contributed by atoms with Crippen LogP contribution in [0.5, 0.6) is 5.75 Å². The maximum Gasteiger partial charge on any atom is 0.292 e. The summed E-state index contributed by atoms with van der Waals surface area (Å²) in [6.45, 7) is 0.440.